The molecule has 6 heteroatoms. The Hall–Kier alpha value is -1.04. The Morgan fingerprint density at radius 1 is 1.46 bits per heavy atom. The first-order valence-corrected chi connectivity index (χ1v) is 3.67. The molecule has 13 heavy (non-hydrogen) atoms. The number of aliphatic hydroxyl groups excluding tert-OH is 1. The molecule has 0 aliphatic carbocycles. The van der Waals surface area contributed by atoms with Crippen LogP contribution in [0.3, 0.4) is 0 Å². The molecule has 0 radical (unpaired) electrons. The number of alkyl halides is 3. The quantitative estimate of drug-likeness (QED) is 0.794. The second kappa shape index (κ2) is 3.78. The van der Waals surface area contributed by atoms with Crippen molar-refractivity contribution >= 4 is 0 Å². The molecule has 0 fully saturated rings. The maximum absolute atomic E-state index is 12.6. The summed E-state index contributed by atoms with van der Waals surface area (Å²) in [6, 6.07) is 1.29. The van der Waals surface area contributed by atoms with Crippen LogP contribution < -0.4 is 0 Å². The van der Waals surface area contributed by atoms with E-state index in [2.05, 4.69) is 5.10 Å². The molecule has 74 valence electrons. The molecule has 0 bridgehead atoms. The van der Waals surface area contributed by atoms with Crippen LogP contribution in [-0.4, -0.2) is 21.3 Å². The molecule has 1 aromatic rings. The zero-order valence-corrected chi connectivity index (χ0v) is 6.86. The van der Waals surface area contributed by atoms with E-state index in [1.165, 1.54) is 13.0 Å². The number of nitrogens with zero attached hydrogens (tertiary/aromatic N) is 2. The molecule has 0 saturated heterocycles. The van der Waals surface area contributed by atoms with Gasteiger partial charge in [0.05, 0.1) is 11.8 Å². The minimum Gasteiger partial charge on any atom is -0.387 e. The highest BCUT2D eigenvalue weighted by Gasteiger charge is 2.22. The summed E-state index contributed by atoms with van der Waals surface area (Å²) < 4.78 is 36.7. The van der Waals surface area contributed by atoms with Gasteiger partial charge in [-0.2, -0.15) is 5.10 Å². The Morgan fingerprint density at radius 2 is 2.08 bits per heavy atom. The highest BCUT2D eigenvalue weighted by atomic mass is 19.3. The van der Waals surface area contributed by atoms with Gasteiger partial charge in [-0.3, -0.25) is 0 Å². The van der Waals surface area contributed by atoms with E-state index in [-0.39, 0.29) is 5.69 Å². The molecule has 0 saturated carbocycles. The van der Waals surface area contributed by atoms with Crippen molar-refractivity contribution in [2.45, 2.75) is 25.7 Å². The highest BCUT2D eigenvalue weighted by molar-refractivity contribution is 5.01. The predicted octanol–water partition coefficient (Wildman–Crippen LogP) is 1.67. The van der Waals surface area contributed by atoms with Crippen LogP contribution in [0.4, 0.5) is 13.2 Å². The molecule has 2 atom stereocenters. The van der Waals surface area contributed by atoms with Gasteiger partial charge in [0.2, 0.25) is 0 Å². The van der Waals surface area contributed by atoms with Crippen LogP contribution in [0.5, 0.6) is 0 Å². The second-order valence-electron chi connectivity index (χ2n) is 2.60. The standard InChI is InChI=1S/C7H9F3N2O/c1-4(13)5-2-3-12(11-5)7(10)6(8)9/h2-4,6-7,13H,1H3. The van der Waals surface area contributed by atoms with Crippen molar-refractivity contribution < 1.29 is 18.3 Å². The third-order valence-electron chi connectivity index (χ3n) is 1.52. The van der Waals surface area contributed by atoms with Crippen LogP contribution in [0.15, 0.2) is 12.3 Å². The molecule has 1 rings (SSSR count). The molecule has 0 spiro atoms. The van der Waals surface area contributed by atoms with E-state index in [9.17, 15) is 13.2 Å². The summed E-state index contributed by atoms with van der Waals surface area (Å²) in [4.78, 5) is 0. The van der Waals surface area contributed by atoms with Crippen molar-refractivity contribution in [1.29, 1.82) is 0 Å². The Labute approximate surface area is 72.8 Å². The highest BCUT2D eigenvalue weighted by Crippen LogP contribution is 2.18. The van der Waals surface area contributed by atoms with Crippen molar-refractivity contribution in [3.63, 3.8) is 0 Å². The first kappa shape index (κ1) is 10.0. The summed E-state index contributed by atoms with van der Waals surface area (Å²) in [5.74, 6) is 0. The van der Waals surface area contributed by atoms with Gasteiger partial charge in [0, 0.05) is 6.20 Å². The number of hydrogen-bond acceptors (Lipinski definition) is 2. The van der Waals surface area contributed by atoms with Crippen LogP contribution in [0, 0.1) is 0 Å². The summed E-state index contributed by atoms with van der Waals surface area (Å²) in [7, 11) is 0. The van der Waals surface area contributed by atoms with Crippen molar-refractivity contribution in [3.05, 3.63) is 18.0 Å². The number of hydrogen-bond donors (Lipinski definition) is 1. The van der Waals surface area contributed by atoms with Gasteiger partial charge in [-0.15, -0.1) is 0 Å². The minimum atomic E-state index is -3.11. The molecule has 1 aromatic heterocycles. The molecule has 2 unspecified atom stereocenters. The van der Waals surface area contributed by atoms with Gasteiger partial charge in [0.1, 0.15) is 0 Å². The molecule has 1 N–H and O–H groups in total. The molecular formula is C7H9F3N2O. The summed E-state index contributed by atoms with van der Waals surface area (Å²) in [6.45, 7) is 1.42. The lowest BCUT2D eigenvalue weighted by Crippen LogP contribution is -2.13. The van der Waals surface area contributed by atoms with Crippen LogP contribution >= 0.6 is 0 Å². The zero-order chi connectivity index (χ0) is 10.0. The van der Waals surface area contributed by atoms with Gasteiger partial charge < -0.3 is 5.11 Å². The second-order valence-corrected chi connectivity index (χ2v) is 2.60. The number of aliphatic hydroxyl groups is 1. The Kier molecular flexibility index (Phi) is 2.92. The maximum Gasteiger partial charge on any atom is 0.289 e. The number of aromatic nitrogens is 2. The van der Waals surface area contributed by atoms with Crippen molar-refractivity contribution in [2.75, 3.05) is 0 Å². The van der Waals surface area contributed by atoms with Crippen LogP contribution in [-0.2, 0) is 0 Å². The number of halogens is 3. The van der Waals surface area contributed by atoms with Crippen molar-refractivity contribution in [3.8, 4) is 0 Å². The van der Waals surface area contributed by atoms with Gasteiger partial charge in [-0.05, 0) is 13.0 Å². The Balaban J connectivity index is 2.79. The van der Waals surface area contributed by atoms with Gasteiger partial charge >= 0.3 is 0 Å². The fourth-order valence-electron chi connectivity index (χ4n) is 0.828. The van der Waals surface area contributed by atoms with E-state index >= 15 is 0 Å². The van der Waals surface area contributed by atoms with Gasteiger partial charge in [0.25, 0.3) is 12.7 Å². The normalized spacial score (nSPS) is 16.2. The van der Waals surface area contributed by atoms with Gasteiger partial charge in [-0.25, -0.2) is 17.9 Å². The van der Waals surface area contributed by atoms with Gasteiger partial charge in [0.15, 0.2) is 0 Å². The molecule has 0 aliphatic rings. The Morgan fingerprint density at radius 3 is 2.46 bits per heavy atom. The lowest BCUT2D eigenvalue weighted by atomic mass is 10.3. The predicted molar refractivity (Wildman–Crippen MR) is 39.0 cm³/mol. The fourth-order valence-corrected chi connectivity index (χ4v) is 0.828. The molecule has 0 aliphatic heterocycles. The van der Waals surface area contributed by atoms with E-state index < -0.39 is 18.8 Å². The SMILES string of the molecule is CC(O)c1ccn(C(F)C(F)F)n1. The number of rotatable bonds is 3. The van der Waals surface area contributed by atoms with E-state index in [0.717, 1.165) is 6.20 Å². The summed E-state index contributed by atoms with van der Waals surface area (Å²) in [5, 5.41) is 12.4. The molecule has 1 heterocycles. The smallest absolute Gasteiger partial charge is 0.289 e. The lowest BCUT2D eigenvalue weighted by Gasteiger charge is -2.06. The van der Waals surface area contributed by atoms with E-state index in [1.807, 2.05) is 0 Å². The summed E-state index contributed by atoms with van der Waals surface area (Å²) >= 11 is 0. The van der Waals surface area contributed by atoms with E-state index in [0.29, 0.717) is 4.68 Å². The Bertz CT molecular complexity index is 274. The molecule has 0 amide bonds. The zero-order valence-electron chi connectivity index (χ0n) is 6.86. The summed E-state index contributed by atoms with van der Waals surface area (Å²) in [5.41, 5.74) is 0.170. The molecular weight excluding hydrogens is 185 g/mol. The van der Waals surface area contributed by atoms with E-state index in [1.54, 1.807) is 0 Å². The van der Waals surface area contributed by atoms with Gasteiger partial charge in [-0.1, -0.05) is 0 Å². The van der Waals surface area contributed by atoms with Crippen molar-refractivity contribution in [1.82, 2.24) is 9.78 Å². The van der Waals surface area contributed by atoms with E-state index in [4.69, 9.17) is 5.11 Å². The molecule has 0 aromatic carbocycles. The van der Waals surface area contributed by atoms with Crippen LogP contribution in [0.1, 0.15) is 25.0 Å². The topological polar surface area (TPSA) is 38.0 Å². The third kappa shape index (κ3) is 2.21. The first-order valence-electron chi connectivity index (χ1n) is 3.67. The average Bonchev–Trinajstić information content (AvgIpc) is 2.50. The fraction of sp³-hybridized carbons (Fsp3) is 0.571. The third-order valence-corrected chi connectivity index (χ3v) is 1.52. The first-order chi connectivity index (χ1) is 6.02. The average molecular weight is 194 g/mol. The largest absolute Gasteiger partial charge is 0.387 e. The maximum atomic E-state index is 12.6. The lowest BCUT2D eigenvalue weighted by molar-refractivity contribution is 0.0000794. The van der Waals surface area contributed by atoms with Crippen LogP contribution in [0.25, 0.3) is 0 Å². The van der Waals surface area contributed by atoms with Crippen LogP contribution in [0.2, 0.25) is 0 Å². The monoisotopic (exact) mass is 194 g/mol. The minimum absolute atomic E-state index is 0.170. The molecule has 3 nitrogen and oxygen atoms in total. The summed E-state index contributed by atoms with van der Waals surface area (Å²) in [6.07, 6.45) is -5.38. The van der Waals surface area contributed by atoms with Crippen molar-refractivity contribution in [2.24, 2.45) is 0 Å².